The summed E-state index contributed by atoms with van der Waals surface area (Å²) in [4.78, 5) is 45.1. The van der Waals surface area contributed by atoms with E-state index in [4.69, 9.17) is 0 Å². The molecule has 3 heterocycles. The normalized spacial score (nSPS) is 17.4. The van der Waals surface area contributed by atoms with Gasteiger partial charge in [0, 0.05) is 33.7 Å². The quantitative estimate of drug-likeness (QED) is 0.682. The van der Waals surface area contributed by atoms with Crippen molar-refractivity contribution in [3.05, 3.63) is 20.8 Å². The number of piperazine rings is 1. The lowest BCUT2D eigenvalue weighted by Gasteiger charge is -2.45. The van der Waals surface area contributed by atoms with Crippen molar-refractivity contribution in [3.8, 4) is 11.8 Å². The first-order chi connectivity index (χ1) is 13.6. The van der Waals surface area contributed by atoms with E-state index in [1.165, 1.54) is 11.6 Å². The molecule has 155 valence electrons. The van der Waals surface area contributed by atoms with Gasteiger partial charge in [0.05, 0.1) is 12.6 Å². The van der Waals surface area contributed by atoms with Crippen LogP contribution in [0.15, 0.2) is 9.59 Å². The molecule has 1 amide bonds. The first kappa shape index (κ1) is 20.7. The zero-order chi connectivity index (χ0) is 21.5. The Morgan fingerprint density at radius 3 is 2.41 bits per heavy atom. The lowest BCUT2D eigenvalue weighted by atomic mass is 9.84. The number of nitrogens with zero attached hydrogens (tertiary/aromatic N) is 6. The van der Waals surface area contributed by atoms with Crippen LogP contribution in [0.2, 0.25) is 0 Å². The number of hydrogen-bond acceptors (Lipinski definition) is 5. The fourth-order valence-corrected chi connectivity index (χ4v) is 3.80. The van der Waals surface area contributed by atoms with Gasteiger partial charge in [0.25, 0.3) is 5.56 Å². The zero-order valence-electron chi connectivity index (χ0n) is 17.8. The Labute approximate surface area is 169 Å². The molecule has 2 aromatic heterocycles. The minimum Gasteiger partial charge on any atom is -0.338 e. The fourth-order valence-electron chi connectivity index (χ4n) is 3.80. The van der Waals surface area contributed by atoms with Crippen LogP contribution in [0.4, 0.5) is 5.95 Å². The molecule has 1 aliphatic heterocycles. The minimum absolute atomic E-state index is 0.0640. The molecule has 29 heavy (non-hydrogen) atoms. The number of aryl methyl sites for hydroxylation is 1. The molecular weight excluding hydrogens is 372 g/mol. The Morgan fingerprint density at radius 2 is 1.83 bits per heavy atom. The molecule has 1 radical (unpaired) electrons. The van der Waals surface area contributed by atoms with Gasteiger partial charge in [-0.25, -0.2) is 4.79 Å². The van der Waals surface area contributed by atoms with Gasteiger partial charge in [-0.05, 0) is 12.3 Å². The number of anilines is 1. The molecular formula is C20H27N6O3. The molecule has 1 unspecified atom stereocenters. The second-order valence-electron chi connectivity index (χ2n) is 8.42. The highest BCUT2D eigenvalue weighted by Gasteiger charge is 2.37. The molecule has 0 aromatic carbocycles. The van der Waals surface area contributed by atoms with E-state index in [0.717, 1.165) is 4.57 Å². The van der Waals surface area contributed by atoms with Crippen molar-refractivity contribution in [1.82, 2.24) is 23.6 Å². The standard InChI is InChI=1S/C20H27N6O3/c1-7-8-9-26-15-16(22(5)19(29)23(6)17(15)28)21-18(26)24-10-11-25(13-27)14(12-24)20(2,3)4/h14H,9-12H2,1-6H3. The van der Waals surface area contributed by atoms with Gasteiger partial charge in [-0.1, -0.05) is 26.7 Å². The summed E-state index contributed by atoms with van der Waals surface area (Å²) >= 11 is 0. The topological polar surface area (TPSA) is 85.4 Å². The van der Waals surface area contributed by atoms with Gasteiger partial charge < -0.3 is 9.80 Å². The van der Waals surface area contributed by atoms with Gasteiger partial charge in [-0.15, -0.1) is 5.92 Å². The molecule has 1 saturated heterocycles. The summed E-state index contributed by atoms with van der Waals surface area (Å²) in [6.45, 7) is 9.88. The largest absolute Gasteiger partial charge is 0.338 e. The number of imidazole rings is 1. The maximum absolute atomic E-state index is 12.9. The van der Waals surface area contributed by atoms with Crippen molar-refractivity contribution in [2.24, 2.45) is 19.5 Å². The summed E-state index contributed by atoms with van der Waals surface area (Å²) in [5.74, 6) is 6.44. The Hall–Kier alpha value is -3.02. The molecule has 3 rings (SSSR count). The summed E-state index contributed by atoms with van der Waals surface area (Å²) in [7, 11) is 3.06. The van der Waals surface area contributed by atoms with Crippen LogP contribution in [-0.2, 0) is 25.4 Å². The third-order valence-electron chi connectivity index (χ3n) is 5.52. The number of fused-ring (bicyclic) bond motifs is 1. The molecule has 1 atom stereocenters. The average molecular weight is 399 g/mol. The Morgan fingerprint density at radius 1 is 1.14 bits per heavy atom. The van der Waals surface area contributed by atoms with E-state index in [-0.39, 0.29) is 18.0 Å². The van der Waals surface area contributed by atoms with Gasteiger partial charge >= 0.3 is 12.1 Å². The molecule has 1 aliphatic rings. The maximum atomic E-state index is 12.9. The second-order valence-corrected chi connectivity index (χ2v) is 8.42. The third kappa shape index (κ3) is 3.43. The highest BCUT2D eigenvalue weighted by Crippen LogP contribution is 2.29. The van der Waals surface area contributed by atoms with Gasteiger partial charge in [0.15, 0.2) is 11.2 Å². The Kier molecular flexibility index (Phi) is 5.30. The highest BCUT2D eigenvalue weighted by atomic mass is 16.2. The SMILES string of the molecule is CC#CCn1c(N2CCN([C]=O)C(C(C)(C)C)C2)nc2c1c(=O)n(C)c(=O)n2C. The van der Waals surface area contributed by atoms with E-state index in [1.807, 2.05) is 6.41 Å². The van der Waals surface area contributed by atoms with Crippen molar-refractivity contribution >= 4 is 23.5 Å². The van der Waals surface area contributed by atoms with Gasteiger partial charge in [-0.2, -0.15) is 4.98 Å². The summed E-state index contributed by atoms with van der Waals surface area (Å²) in [5, 5.41) is 0. The van der Waals surface area contributed by atoms with Crippen LogP contribution < -0.4 is 16.1 Å². The smallest absolute Gasteiger partial charge is 0.332 e. The molecule has 0 bridgehead atoms. The van der Waals surface area contributed by atoms with Crippen LogP contribution in [0.5, 0.6) is 0 Å². The summed E-state index contributed by atoms with van der Waals surface area (Å²) < 4.78 is 4.24. The molecule has 0 saturated carbocycles. The minimum atomic E-state index is -0.423. The van der Waals surface area contributed by atoms with Gasteiger partial charge in [-0.3, -0.25) is 23.3 Å². The van der Waals surface area contributed by atoms with E-state index >= 15 is 0 Å². The van der Waals surface area contributed by atoms with E-state index in [1.54, 1.807) is 23.4 Å². The average Bonchev–Trinajstić information content (AvgIpc) is 3.07. The third-order valence-corrected chi connectivity index (χ3v) is 5.52. The number of carbonyl (C=O) groups excluding carboxylic acids is 1. The van der Waals surface area contributed by atoms with E-state index in [9.17, 15) is 14.4 Å². The molecule has 0 N–H and O–H groups in total. The Bertz CT molecular complexity index is 1120. The monoisotopic (exact) mass is 399 g/mol. The second kappa shape index (κ2) is 7.43. The van der Waals surface area contributed by atoms with Gasteiger partial charge in [0.2, 0.25) is 5.95 Å². The van der Waals surface area contributed by atoms with Crippen LogP contribution in [0.25, 0.3) is 11.2 Å². The molecule has 0 spiro atoms. The number of hydrogen-bond donors (Lipinski definition) is 0. The van der Waals surface area contributed by atoms with Crippen LogP contribution in [0.1, 0.15) is 27.7 Å². The fraction of sp³-hybridized carbons (Fsp3) is 0.600. The molecule has 2 aromatic rings. The molecule has 9 nitrogen and oxygen atoms in total. The summed E-state index contributed by atoms with van der Waals surface area (Å²) in [6.07, 6.45) is 2.05. The van der Waals surface area contributed by atoms with Crippen LogP contribution in [0.3, 0.4) is 0 Å². The van der Waals surface area contributed by atoms with Crippen LogP contribution in [0, 0.1) is 17.3 Å². The number of rotatable bonds is 3. The maximum Gasteiger partial charge on any atom is 0.332 e. The van der Waals surface area contributed by atoms with Crippen molar-refractivity contribution in [2.75, 3.05) is 24.5 Å². The van der Waals surface area contributed by atoms with Crippen molar-refractivity contribution in [3.63, 3.8) is 0 Å². The van der Waals surface area contributed by atoms with E-state index in [0.29, 0.717) is 36.7 Å². The summed E-state index contributed by atoms with van der Waals surface area (Å²) in [6, 6.07) is -0.0640. The van der Waals surface area contributed by atoms with Crippen molar-refractivity contribution in [2.45, 2.75) is 40.3 Å². The van der Waals surface area contributed by atoms with Crippen LogP contribution >= 0.6 is 0 Å². The van der Waals surface area contributed by atoms with Crippen molar-refractivity contribution < 1.29 is 4.79 Å². The molecule has 9 heteroatoms. The molecule has 0 aliphatic carbocycles. The van der Waals surface area contributed by atoms with Crippen molar-refractivity contribution in [1.29, 1.82) is 0 Å². The van der Waals surface area contributed by atoms with E-state index < -0.39 is 11.2 Å². The lowest BCUT2D eigenvalue weighted by Crippen LogP contribution is -2.58. The predicted octanol–water partition coefficient (Wildman–Crippen LogP) is 0.0609. The summed E-state index contributed by atoms with van der Waals surface area (Å²) in [5.41, 5.74) is -0.286. The number of amides is 1. The highest BCUT2D eigenvalue weighted by molar-refractivity contribution is 5.75. The number of aromatic nitrogens is 4. The van der Waals surface area contributed by atoms with Crippen LogP contribution in [-0.4, -0.2) is 55.7 Å². The lowest BCUT2D eigenvalue weighted by molar-refractivity contribution is 0.146. The first-order valence-corrected chi connectivity index (χ1v) is 9.57. The Balaban J connectivity index is 2.21. The predicted molar refractivity (Wildman–Crippen MR) is 112 cm³/mol. The van der Waals surface area contributed by atoms with E-state index in [2.05, 4.69) is 42.5 Å². The molecule has 1 fully saturated rings. The van der Waals surface area contributed by atoms with Gasteiger partial charge in [0.1, 0.15) is 0 Å². The zero-order valence-corrected chi connectivity index (χ0v) is 17.8. The first-order valence-electron chi connectivity index (χ1n) is 9.57.